The van der Waals surface area contributed by atoms with Crippen molar-refractivity contribution in [3.8, 4) is 0 Å². The molecule has 7 rings (SSSR count). The summed E-state index contributed by atoms with van der Waals surface area (Å²) in [5.41, 5.74) is 3.95. The highest BCUT2D eigenvalue weighted by Gasteiger charge is 2.60. The molecule has 2 aromatic rings. The molecule has 12 nitrogen and oxygen atoms in total. The van der Waals surface area contributed by atoms with E-state index in [0.29, 0.717) is 38.6 Å². The predicted octanol–water partition coefficient (Wildman–Crippen LogP) is 11.2. The van der Waals surface area contributed by atoms with Crippen LogP contribution >= 0.6 is 0 Å². The molecule has 396 valence electrons. The van der Waals surface area contributed by atoms with Gasteiger partial charge in [-0.2, -0.15) is 26.3 Å². The lowest BCUT2D eigenvalue weighted by atomic mass is 9.75. The number of likely N-dealkylation sites (tertiary alicyclic amines) is 4. The number of hydrogen-bond acceptors (Lipinski definition) is 9. The van der Waals surface area contributed by atoms with Crippen molar-refractivity contribution >= 4 is 24.1 Å². The first-order chi connectivity index (χ1) is 32.9. The third-order valence-electron chi connectivity index (χ3n) is 15.1. The Bertz CT molecular complexity index is 2200. The first-order valence-corrected chi connectivity index (χ1v) is 25.2. The lowest BCUT2D eigenvalue weighted by Crippen LogP contribution is -2.54. The SMILES string of the molecule is Cc1ccc(CN2CCCC23CCN(C(=O)OC(C(F)(F)F)C(F)(F)F)CC3)c(C2(C(=O)O)CCCC2)c1.Cc1ccc(CN2CCCC23CCN(C(=O)OC(C)(C)C)CC3)c(CC(=O)OC(C)(C)C)c1. The molecule has 4 heterocycles. The van der Waals surface area contributed by atoms with Crippen molar-refractivity contribution < 1.29 is 64.8 Å². The van der Waals surface area contributed by atoms with Crippen LogP contribution in [-0.4, -0.2) is 129 Å². The Labute approximate surface area is 414 Å². The number of nitrogens with zero attached hydrogens (tertiary/aromatic N) is 4. The number of carbonyl (C=O) groups excluding carboxylic acids is 3. The van der Waals surface area contributed by atoms with Crippen molar-refractivity contribution in [3.05, 3.63) is 69.8 Å². The normalized spacial score (nSPS) is 20.5. The largest absolute Gasteiger partial charge is 0.481 e. The number of esters is 1. The van der Waals surface area contributed by atoms with Crippen LogP contribution in [0.2, 0.25) is 0 Å². The number of alkyl halides is 6. The monoisotopic (exact) mass is 1010 g/mol. The number of piperidine rings is 2. The molecule has 5 fully saturated rings. The maximum absolute atomic E-state index is 12.8. The van der Waals surface area contributed by atoms with E-state index in [1.54, 1.807) is 0 Å². The summed E-state index contributed by atoms with van der Waals surface area (Å²) in [4.78, 5) is 57.3. The minimum atomic E-state index is -5.76. The molecular formula is C53H74F6N4O8. The van der Waals surface area contributed by atoms with Gasteiger partial charge in [-0.15, -0.1) is 0 Å². The maximum Gasteiger partial charge on any atom is 0.434 e. The van der Waals surface area contributed by atoms with Gasteiger partial charge in [-0.05, 0) is 155 Å². The van der Waals surface area contributed by atoms with Crippen molar-refractivity contribution in [2.75, 3.05) is 39.3 Å². The van der Waals surface area contributed by atoms with Gasteiger partial charge in [0.15, 0.2) is 0 Å². The van der Waals surface area contributed by atoms with E-state index < -0.39 is 47.1 Å². The van der Waals surface area contributed by atoms with Gasteiger partial charge in [0.25, 0.3) is 6.10 Å². The molecule has 0 aromatic heterocycles. The Morgan fingerprint density at radius 1 is 0.577 bits per heavy atom. The highest BCUT2D eigenvalue weighted by atomic mass is 19.4. The number of carbonyl (C=O) groups is 4. The average Bonchev–Trinajstić information content (AvgIpc) is 4.00. The summed E-state index contributed by atoms with van der Waals surface area (Å²) in [6.07, 6.45) is -7.82. The van der Waals surface area contributed by atoms with E-state index in [1.807, 2.05) is 71.6 Å². The fraction of sp³-hybridized carbons (Fsp3) is 0.698. The minimum Gasteiger partial charge on any atom is -0.481 e. The van der Waals surface area contributed by atoms with Gasteiger partial charge in [0.1, 0.15) is 11.2 Å². The molecule has 18 heteroatoms. The van der Waals surface area contributed by atoms with Crippen LogP contribution in [0, 0.1) is 13.8 Å². The molecule has 1 N–H and O–H groups in total. The molecule has 0 bridgehead atoms. The molecule has 1 aliphatic carbocycles. The Morgan fingerprint density at radius 3 is 1.49 bits per heavy atom. The van der Waals surface area contributed by atoms with Crippen LogP contribution in [0.25, 0.3) is 0 Å². The zero-order valence-electron chi connectivity index (χ0n) is 42.8. The molecular weight excluding hydrogens is 935 g/mol. The van der Waals surface area contributed by atoms with Gasteiger partial charge in [0.2, 0.25) is 0 Å². The summed E-state index contributed by atoms with van der Waals surface area (Å²) < 4.78 is 92.0. The van der Waals surface area contributed by atoms with Gasteiger partial charge in [0, 0.05) is 50.3 Å². The van der Waals surface area contributed by atoms with Gasteiger partial charge in [0.05, 0.1) is 11.8 Å². The summed E-state index contributed by atoms with van der Waals surface area (Å²) in [7, 11) is 0. The third kappa shape index (κ3) is 13.7. The van der Waals surface area contributed by atoms with Crippen LogP contribution in [0.1, 0.15) is 152 Å². The molecule has 0 radical (unpaired) electrons. The fourth-order valence-electron chi connectivity index (χ4n) is 11.5. The molecule has 0 unspecified atom stereocenters. The second-order valence-electron chi connectivity index (χ2n) is 22.6. The molecule has 4 aliphatic heterocycles. The maximum atomic E-state index is 12.8. The van der Waals surface area contributed by atoms with Crippen LogP contribution < -0.4 is 0 Å². The summed E-state index contributed by atoms with van der Waals surface area (Å²) in [5.74, 6) is -1.02. The Kier molecular flexibility index (Phi) is 16.9. The number of benzene rings is 2. The molecule has 5 aliphatic rings. The number of carboxylic acid groups (broad SMARTS) is 1. The van der Waals surface area contributed by atoms with E-state index in [1.165, 1.54) is 12.0 Å². The molecule has 0 atom stereocenters. The Morgan fingerprint density at radius 2 is 1.03 bits per heavy atom. The van der Waals surface area contributed by atoms with Crippen molar-refractivity contribution in [1.82, 2.24) is 19.6 Å². The lowest BCUT2D eigenvalue weighted by molar-refractivity contribution is -0.308. The van der Waals surface area contributed by atoms with Crippen molar-refractivity contribution in [3.63, 3.8) is 0 Å². The summed E-state index contributed by atoms with van der Waals surface area (Å²) in [6, 6.07) is 12.3. The Balaban J connectivity index is 0.000000235. The van der Waals surface area contributed by atoms with Gasteiger partial charge < -0.3 is 29.1 Å². The van der Waals surface area contributed by atoms with Crippen molar-refractivity contribution in [2.24, 2.45) is 0 Å². The van der Waals surface area contributed by atoms with Crippen LogP contribution in [-0.2, 0) is 48.7 Å². The number of aliphatic carboxylic acids is 1. The van der Waals surface area contributed by atoms with Crippen molar-refractivity contribution in [1.29, 1.82) is 0 Å². The predicted molar refractivity (Wildman–Crippen MR) is 255 cm³/mol. The standard InChI is InChI=1S/C27H42N2O4.C26H32F6N2O4/c1-20-9-10-21(22(17-20)18-23(30)32-25(2,3)4)19-29-14-8-11-27(29)12-15-28(16-13-27)24(31)33-26(5,6)7;1-17-5-6-18(19(15-17)24(21(35)36)8-2-3-9-24)16-34-12-4-7-23(34)10-13-33(14-11-23)22(37)38-20(25(27,28)29)26(30,31)32/h9-10,17H,8,11-16,18-19H2,1-7H3;5-6,15,20H,2-4,7-14,16H2,1H3,(H,35,36). The Hall–Kier alpha value is -4.58. The van der Waals surface area contributed by atoms with E-state index in [4.69, 9.17) is 9.47 Å². The van der Waals surface area contributed by atoms with Crippen molar-refractivity contribution in [2.45, 2.75) is 198 Å². The second-order valence-corrected chi connectivity index (χ2v) is 22.6. The molecule has 2 amide bonds. The minimum absolute atomic E-state index is 0.0302. The lowest BCUT2D eigenvalue weighted by Gasteiger charge is -2.45. The molecule has 2 aromatic carbocycles. The molecule has 1 saturated carbocycles. The van der Waals surface area contributed by atoms with E-state index in [-0.39, 0.29) is 36.2 Å². The molecule has 4 saturated heterocycles. The number of halogens is 6. The fourth-order valence-corrected chi connectivity index (χ4v) is 11.5. The third-order valence-corrected chi connectivity index (χ3v) is 15.1. The molecule has 2 spiro atoms. The van der Waals surface area contributed by atoms with E-state index >= 15 is 0 Å². The van der Waals surface area contributed by atoms with Crippen LogP contribution in [0.5, 0.6) is 0 Å². The topological polar surface area (TPSA) is 129 Å². The quantitative estimate of drug-likeness (QED) is 0.147. The second kappa shape index (κ2) is 21.5. The van der Waals surface area contributed by atoms with Gasteiger partial charge in [-0.3, -0.25) is 19.4 Å². The first kappa shape index (κ1) is 55.7. The van der Waals surface area contributed by atoms with E-state index in [0.717, 1.165) is 110 Å². The van der Waals surface area contributed by atoms with Gasteiger partial charge >= 0.3 is 36.5 Å². The number of hydrogen-bond donors (Lipinski definition) is 1. The first-order valence-electron chi connectivity index (χ1n) is 25.2. The van der Waals surface area contributed by atoms with Gasteiger partial charge in [-0.1, -0.05) is 60.4 Å². The van der Waals surface area contributed by atoms with Gasteiger partial charge in [-0.25, -0.2) is 9.59 Å². The summed E-state index contributed by atoms with van der Waals surface area (Å²) in [6.45, 7) is 19.9. The number of amides is 2. The summed E-state index contributed by atoms with van der Waals surface area (Å²) >= 11 is 0. The smallest absolute Gasteiger partial charge is 0.434 e. The van der Waals surface area contributed by atoms with E-state index in [2.05, 4.69) is 39.7 Å². The van der Waals surface area contributed by atoms with Crippen LogP contribution in [0.4, 0.5) is 35.9 Å². The number of rotatable bonds is 9. The molecule has 71 heavy (non-hydrogen) atoms. The van der Waals surface area contributed by atoms with Crippen LogP contribution in [0.3, 0.4) is 0 Å². The van der Waals surface area contributed by atoms with Crippen LogP contribution in [0.15, 0.2) is 36.4 Å². The number of aryl methyl sites for hydroxylation is 2. The zero-order valence-corrected chi connectivity index (χ0v) is 42.8. The average molecular weight is 1010 g/mol. The number of ether oxygens (including phenoxy) is 3. The highest BCUT2D eigenvalue weighted by Crippen LogP contribution is 2.46. The highest BCUT2D eigenvalue weighted by molar-refractivity contribution is 5.82. The van der Waals surface area contributed by atoms with E-state index in [9.17, 15) is 50.6 Å². The number of carboxylic acids is 1. The summed E-state index contributed by atoms with van der Waals surface area (Å²) in [5, 5.41) is 10.2. The zero-order chi connectivity index (χ0) is 52.4.